The normalized spacial score (nSPS) is 10.0. The molecule has 1 heterocycles. The van der Waals surface area contributed by atoms with Gasteiger partial charge in [0.25, 0.3) is 5.91 Å². The van der Waals surface area contributed by atoms with Gasteiger partial charge in [0.2, 0.25) is 0 Å². The Bertz CT molecular complexity index is 311. The van der Waals surface area contributed by atoms with Crippen LogP contribution in [0.5, 0.6) is 0 Å². The Labute approximate surface area is 88.5 Å². The summed E-state index contributed by atoms with van der Waals surface area (Å²) in [4.78, 5) is 11.4. The van der Waals surface area contributed by atoms with Crippen LogP contribution in [0.3, 0.4) is 0 Å². The predicted octanol–water partition coefficient (Wildman–Crippen LogP) is 0.151. The van der Waals surface area contributed by atoms with E-state index in [0.29, 0.717) is 18.7 Å². The zero-order valence-electron chi connectivity index (χ0n) is 8.73. The van der Waals surface area contributed by atoms with Crippen molar-refractivity contribution in [1.82, 2.24) is 15.5 Å². The first-order valence-corrected chi connectivity index (χ1v) is 4.99. The Hall–Kier alpha value is -1.49. The number of aliphatic hydroxyl groups excluding tert-OH is 1. The maximum Gasteiger partial charge on any atom is 0.271 e. The van der Waals surface area contributed by atoms with Gasteiger partial charge in [-0.2, -0.15) is 5.10 Å². The molecule has 0 aliphatic rings. The molecular formula is C10H15N3O2. The zero-order valence-corrected chi connectivity index (χ0v) is 8.73. The zero-order chi connectivity index (χ0) is 11.1. The first-order valence-electron chi connectivity index (χ1n) is 4.99. The topological polar surface area (TPSA) is 75.1 Å². The van der Waals surface area contributed by atoms with Gasteiger partial charge < -0.3 is 10.4 Å². The van der Waals surface area contributed by atoms with E-state index in [-0.39, 0.29) is 12.5 Å². The third-order valence-electron chi connectivity index (χ3n) is 1.94. The minimum Gasteiger partial charge on any atom is -0.396 e. The van der Waals surface area contributed by atoms with Crippen LogP contribution in [0.2, 0.25) is 0 Å². The van der Waals surface area contributed by atoms with Crippen LogP contribution in [-0.2, 0) is 6.42 Å². The van der Waals surface area contributed by atoms with Gasteiger partial charge in [0.1, 0.15) is 0 Å². The molecule has 5 nitrogen and oxygen atoms in total. The molecule has 0 radical (unpaired) electrons. The average molecular weight is 209 g/mol. The Morgan fingerprint density at radius 2 is 2.27 bits per heavy atom. The number of aryl methyl sites for hydroxylation is 1. The number of hydrogen-bond donors (Lipinski definition) is 2. The SMILES string of the molecule is CCc1ccc(C(=O)NCCCO)nn1. The van der Waals surface area contributed by atoms with Crippen LogP contribution in [0.25, 0.3) is 0 Å². The van der Waals surface area contributed by atoms with Crippen LogP contribution in [-0.4, -0.2) is 34.4 Å². The highest BCUT2D eigenvalue weighted by molar-refractivity contribution is 5.91. The highest BCUT2D eigenvalue weighted by Crippen LogP contribution is 1.97. The van der Waals surface area contributed by atoms with Gasteiger partial charge in [0, 0.05) is 13.2 Å². The van der Waals surface area contributed by atoms with Crippen molar-refractivity contribution >= 4 is 5.91 Å². The molecule has 0 saturated heterocycles. The molecule has 0 aliphatic heterocycles. The van der Waals surface area contributed by atoms with E-state index in [1.165, 1.54) is 0 Å². The van der Waals surface area contributed by atoms with E-state index >= 15 is 0 Å². The Kier molecular flexibility index (Phi) is 4.70. The fourth-order valence-corrected chi connectivity index (χ4v) is 1.04. The summed E-state index contributed by atoms with van der Waals surface area (Å²) in [5, 5.41) is 18.9. The van der Waals surface area contributed by atoms with E-state index in [4.69, 9.17) is 5.11 Å². The van der Waals surface area contributed by atoms with Gasteiger partial charge in [-0.15, -0.1) is 5.10 Å². The van der Waals surface area contributed by atoms with Crippen molar-refractivity contribution in [1.29, 1.82) is 0 Å². The second kappa shape index (κ2) is 6.08. The molecule has 2 N–H and O–H groups in total. The summed E-state index contributed by atoms with van der Waals surface area (Å²) in [6.07, 6.45) is 1.35. The number of nitrogens with zero attached hydrogens (tertiary/aromatic N) is 2. The van der Waals surface area contributed by atoms with Crippen LogP contribution in [0.15, 0.2) is 12.1 Å². The maximum absolute atomic E-state index is 11.4. The van der Waals surface area contributed by atoms with Crippen LogP contribution >= 0.6 is 0 Å². The standard InChI is InChI=1S/C10H15N3O2/c1-2-8-4-5-9(13-12-8)10(15)11-6-3-7-14/h4-5,14H,2-3,6-7H2,1H3,(H,11,15). The Morgan fingerprint density at radius 3 is 2.80 bits per heavy atom. The van der Waals surface area contributed by atoms with E-state index in [0.717, 1.165) is 12.1 Å². The minimum atomic E-state index is -0.251. The molecule has 0 aromatic carbocycles. The summed E-state index contributed by atoms with van der Waals surface area (Å²) in [5.41, 5.74) is 1.17. The molecule has 0 atom stereocenters. The van der Waals surface area contributed by atoms with Crippen molar-refractivity contribution in [2.45, 2.75) is 19.8 Å². The lowest BCUT2D eigenvalue weighted by atomic mass is 10.3. The van der Waals surface area contributed by atoms with E-state index in [9.17, 15) is 4.79 Å². The molecule has 5 heteroatoms. The monoisotopic (exact) mass is 209 g/mol. The third-order valence-corrected chi connectivity index (χ3v) is 1.94. The molecule has 1 aromatic heterocycles. The van der Waals surface area contributed by atoms with Crippen LogP contribution in [0.4, 0.5) is 0 Å². The molecule has 1 aromatic rings. The Morgan fingerprint density at radius 1 is 1.47 bits per heavy atom. The van der Waals surface area contributed by atoms with E-state index in [1.807, 2.05) is 6.92 Å². The number of carbonyl (C=O) groups excluding carboxylic acids is 1. The number of hydrogen-bond acceptors (Lipinski definition) is 4. The average Bonchev–Trinajstić information content (AvgIpc) is 2.29. The van der Waals surface area contributed by atoms with Crippen molar-refractivity contribution < 1.29 is 9.90 Å². The van der Waals surface area contributed by atoms with E-state index in [1.54, 1.807) is 12.1 Å². The number of aromatic nitrogens is 2. The third kappa shape index (κ3) is 3.63. The second-order valence-corrected chi connectivity index (χ2v) is 3.10. The second-order valence-electron chi connectivity index (χ2n) is 3.10. The van der Waals surface area contributed by atoms with Crippen molar-refractivity contribution in [3.05, 3.63) is 23.5 Å². The molecule has 0 bridgehead atoms. The fourth-order valence-electron chi connectivity index (χ4n) is 1.04. The molecular weight excluding hydrogens is 194 g/mol. The molecule has 82 valence electrons. The van der Waals surface area contributed by atoms with Crippen LogP contribution in [0.1, 0.15) is 29.5 Å². The largest absolute Gasteiger partial charge is 0.396 e. The van der Waals surface area contributed by atoms with Crippen molar-refractivity contribution in [3.63, 3.8) is 0 Å². The van der Waals surface area contributed by atoms with Gasteiger partial charge in [0.05, 0.1) is 5.69 Å². The van der Waals surface area contributed by atoms with Crippen LogP contribution in [0, 0.1) is 0 Å². The van der Waals surface area contributed by atoms with Crippen molar-refractivity contribution in [2.75, 3.05) is 13.2 Å². The lowest BCUT2D eigenvalue weighted by Crippen LogP contribution is -2.26. The summed E-state index contributed by atoms with van der Waals surface area (Å²) in [7, 11) is 0. The lowest BCUT2D eigenvalue weighted by Gasteiger charge is -2.02. The predicted molar refractivity (Wildman–Crippen MR) is 55.4 cm³/mol. The number of aliphatic hydroxyl groups is 1. The van der Waals surface area contributed by atoms with Gasteiger partial charge in [-0.05, 0) is 25.0 Å². The smallest absolute Gasteiger partial charge is 0.271 e. The van der Waals surface area contributed by atoms with Gasteiger partial charge in [-0.3, -0.25) is 4.79 Å². The highest BCUT2D eigenvalue weighted by Gasteiger charge is 2.06. The van der Waals surface area contributed by atoms with E-state index in [2.05, 4.69) is 15.5 Å². The van der Waals surface area contributed by atoms with Crippen molar-refractivity contribution in [2.24, 2.45) is 0 Å². The summed E-state index contributed by atoms with van der Waals surface area (Å²) in [6.45, 7) is 2.50. The quantitative estimate of drug-likeness (QED) is 0.677. The maximum atomic E-state index is 11.4. The summed E-state index contributed by atoms with van der Waals surface area (Å²) in [6, 6.07) is 3.44. The number of rotatable bonds is 5. The molecule has 0 fully saturated rings. The van der Waals surface area contributed by atoms with Gasteiger partial charge in [0.15, 0.2) is 5.69 Å². The molecule has 15 heavy (non-hydrogen) atoms. The molecule has 0 saturated carbocycles. The van der Waals surface area contributed by atoms with Gasteiger partial charge in [-0.25, -0.2) is 0 Å². The highest BCUT2D eigenvalue weighted by atomic mass is 16.3. The molecule has 0 aliphatic carbocycles. The molecule has 0 unspecified atom stereocenters. The number of carbonyl (C=O) groups is 1. The van der Waals surface area contributed by atoms with Gasteiger partial charge in [-0.1, -0.05) is 6.92 Å². The molecule has 0 spiro atoms. The lowest BCUT2D eigenvalue weighted by molar-refractivity contribution is 0.0945. The first kappa shape index (κ1) is 11.6. The first-order chi connectivity index (χ1) is 7.27. The van der Waals surface area contributed by atoms with Crippen molar-refractivity contribution in [3.8, 4) is 0 Å². The molecule has 1 rings (SSSR count). The van der Waals surface area contributed by atoms with Crippen LogP contribution < -0.4 is 5.32 Å². The number of nitrogens with one attached hydrogen (secondary N) is 1. The summed E-state index contributed by atoms with van der Waals surface area (Å²) >= 11 is 0. The van der Waals surface area contributed by atoms with E-state index < -0.39 is 0 Å². The number of amides is 1. The summed E-state index contributed by atoms with van der Waals surface area (Å²) < 4.78 is 0. The minimum absolute atomic E-state index is 0.0702. The summed E-state index contributed by atoms with van der Waals surface area (Å²) in [5.74, 6) is -0.251. The van der Waals surface area contributed by atoms with Gasteiger partial charge >= 0.3 is 0 Å². The molecule has 1 amide bonds. The fraction of sp³-hybridized carbons (Fsp3) is 0.500. The Balaban J connectivity index is 2.50.